The fourth-order valence-corrected chi connectivity index (χ4v) is 3.07. The molecule has 0 bridgehead atoms. The van der Waals surface area contributed by atoms with Crippen LogP contribution in [-0.4, -0.2) is 15.2 Å². The molecule has 4 rings (SSSR count). The first-order valence-corrected chi connectivity index (χ1v) is 8.51. The standard InChI is InChI=1S/C21H19FN4/c1-13-3-10-20(26-25-13)23-12-15-4-9-19-18(11-15)14(2)21(24-19)16-5-7-17(22)8-6-16/h3-11,24H,12H2,1-2H3,(H,23,26). The van der Waals surface area contributed by atoms with Gasteiger partial charge in [0.15, 0.2) is 0 Å². The fourth-order valence-electron chi connectivity index (χ4n) is 3.07. The van der Waals surface area contributed by atoms with Crippen molar-refractivity contribution in [2.24, 2.45) is 0 Å². The second-order valence-corrected chi connectivity index (χ2v) is 6.43. The number of aromatic nitrogens is 3. The quantitative estimate of drug-likeness (QED) is 0.547. The largest absolute Gasteiger partial charge is 0.365 e. The van der Waals surface area contributed by atoms with Gasteiger partial charge >= 0.3 is 0 Å². The normalized spacial score (nSPS) is 11.0. The number of anilines is 1. The lowest BCUT2D eigenvalue weighted by atomic mass is 10.1. The predicted octanol–water partition coefficient (Wildman–Crippen LogP) is 4.99. The number of hydrogen-bond donors (Lipinski definition) is 2. The van der Waals surface area contributed by atoms with Gasteiger partial charge in [-0.05, 0) is 79.1 Å². The second-order valence-electron chi connectivity index (χ2n) is 6.43. The molecule has 0 spiro atoms. The number of nitrogens with zero attached hydrogens (tertiary/aromatic N) is 2. The van der Waals surface area contributed by atoms with Gasteiger partial charge in [0.1, 0.15) is 11.6 Å². The third-order valence-electron chi connectivity index (χ3n) is 4.53. The van der Waals surface area contributed by atoms with Gasteiger partial charge in [-0.1, -0.05) is 6.07 Å². The summed E-state index contributed by atoms with van der Waals surface area (Å²) in [7, 11) is 0. The van der Waals surface area contributed by atoms with Gasteiger partial charge in [-0.2, -0.15) is 5.10 Å². The molecule has 2 aromatic carbocycles. The maximum Gasteiger partial charge on any atom is 0.148 e. The third kappa shape index (κ3) is 3.16. The van der Waals surface area contributed by atoms with Crippen LogP contribution in [0.2, 0.25) is 0 Å². The Labute approximate surface area is 151 Å². The number of nitrogens with one attached hydrogen (secondary N) is 2. The van der Waals surface area contributed by atoms with E-state index in [2.05, 4.69) is 45.6 Å². The van der Waals surface area contributed by atoms with E-state index in [1.165, 1.54) is 17.5 Å². The summed E-state index contributed by atoms with van der Waals surface area (Å²) in [6.45, 7) is 4.67. The molecule has 26 heavy (non-hydrogen) atoms. The molecule has 0 aliphatic heterocycles. The summed E-state index contributed by atoms with van der Waals surface area (Å²) in [5.74, 6) is 0.531. The van der Waals surface area contributed by atoms with Crippen LogP contribution in [-0.2, 0) is 6.54 Å². The molecular weight excluding hydrogens is 327 g/mol. The van der Waals surface area contributed by atoms with Gasteiger partial charge in [-0.25, -0.2) is 4.39 Å². The molecule has 0 aliphatic carbocycles. The third-order valence-corrected chi connectivity index (χ3v) is 4.53. The van der Waals surface area contributed by atoms with Crippen LogP contribution in [0.4, 0.5) is 10.2 Å². The molecule has 130 valence electrons. The number of rotatable bonds is 4. The highest BCUT2D eigenvalue weighted by Crippen LogP contribution is 2.30. The summed E-state index contributed by atoms with van der Waals surface area (Å²) in [5.41, 5.74) is 6.29. The Hall–Kier alpha value is -3.21. The molecule has 5 heteroatoms. The summed E-state index contributed by atoms with van der Waals surface area (Å²) < 4.78 is 13.2. The average molecular weight is 346 g/mol. The van der Waals surface area contributed by atoms with Crippen molar-refractivity contribution >= 4 is 16.7 Å². The predicted molar refractivity (Wildman–Crippen MR) is 103 cm³/mol. The van der Waals surface area contributed by atoms with Gasteiger partial charge in [-0.3, -0.25) is 0 Å². The molecule has 0 fully saturated rings. The molecule has 0 saturated heterocycles. The maximum atomic E-state index is 13.2. The molecular formula is C21H19FN4. The Balaban J connectivity index is 1.61. The molecule has 2 heterocycles. The zero-order valence-corrected chi connectivity index (χ0v) is 14.7. The fraction of sp³-hybridized carbons (Fsp3) is 0.143. The Morgan fingerprint density at radius 2 is 1.77 bits per heavy atom. The topological polar surface area (TPSA) is 53.6 Å². The highest BCUT2D eigenvalue weighted by atomic mass is 19.1. The molecule has 2 N–H and O–H groups in total. The minimum Gasteiger partial charge on any atom is -0.365 e. The van der Waals surface area contributed by atoms with E-state index in [1.54, 1.807) is 12.1 Å². The maximum absolute atomic E-state index is 13.2. The summed E-state index contributed by atoms with van der Waals surface area (Å²) in [4.78, 5) is 3.44. The van der Waals surface area contributed by atoms with Crippen LogP contribution in [0.15, 0.2) is 54.6 Å². The number of aromatic amines is 1. The summed E-state index contributed by atoms with van der Waals surface area (Å²) in [6, 6.07) is 16.8. The molecule has 0 atom stereocenters. The van der Waals surface area contributed by atoms with Crippen LogP contribution in [0.5, 0.6) is 0 Å². The van der Waals surface area contributed by atoms with Crippen molar-refractivity contribution in [2.45, 2.75) is 20.4 Å². The monoisotopic (exact) mass is 346 g/mol. The molecule has 0 unspecified atom stereocenters. The van der Waals surface area contributed by atoms with Gasteiger partial charge in [0.2, 0.25) is 0 Å². The van der Waals surface area contributed by atoms with Gasteiger partial charge in [0, 0.05) is 23.1 Å². The number of aryl methyl sites for hydroxylation is 2. The zero-order valence-electron chi connectivity index (χ0n) is 14.7. The first-order chi connectivity index (χ1) is 12.6. The Kier molecular flexibility index (Phi) is 4.13. The molecule has 0 saturated carbocycles. The van der Waals surface area contributed by atoms with Crippen molar-refractivity contribution in [1.82, 2.24) is 15.2 Å². The van der Waals surface area contributed by atoms with Crippen LogP contribution >= 0.6 is 0 Å². The smallest absolute Gasteiger partial charge is 0.148 e. The number of H-pyrrole nitrogens is 1. The first kappa shape index (κ1) is 16.3. The lowest BCUT2D eigenvalue weighted by Crippen LogP contribution is -2.02. The summed E-state index contributed by atoms with van der Waals surface area (Å²) in [5, 5.41) is 12.6. The van der Waals surface area contributed by atoms with Crippen LogP contribution in [0.3, 0.4) is 0 Å². The lowest BCUT2D eigenvalue weighted by molar-refractivity contribution is 0.628. The second kappa shape index (κ2) is 6.59. The molecule has 4 nitrogen and oxygen atoms in total. The SMILES string of the molecule is Cc1ccc(NCc2ccc3[nH]c(-c4ccc(F)cc4)c(C)c3c2)nn1. The van der Waals surface area contributed by atoms with E-state index in [0.29, 0.717) is 6.54 Å². The van der Waals surface area contributed by atoms with Crippen molar-refractivity contribution in [3.63, 3.8) is 0 Å². The minimum atomic E-state index is -0.227. The van der Waals surface area contributed by atoms with E-state index < -0.39 is 0 Å². The summed E-state index contributed by atoms with van der Waals surface area (Å²) >= 11 is 0. The van der Waals surface area contributed by atoms with Crippen LogP contribution in [0, 0.1) is 19.7 Å². The average Bonchev–Trinajstić information content (AvgIpc) is 2.98. The summed E-state index contributed by atoms with van der Waals surface area (Å²) in [6.07, 6.45) is 0. The minimum absolute atomic E-state index is 0.227. The highest BCUT2D eigenvalue weighted by molar-refractivity contribution is 5.91. The van der Waals surface area contributed by atoms with Crippen molar-refractivity contribution in [1.29, 1.82) is 0 Å². The molecule has 0 aliphatic rings. The molecule has 0 amide bonds. The van der Waals surface area contributed by atoms with E-state index >= 15 is 0 Å². The highest BCUT2D eigenvalue weighted by Gasteiger charge is 2.10. The van der Waals surface area contributed by atoms with Crippen molar-refractivity contribution in [2.75, 3.05) is 5.32 Å². The van der Waals surface area contributed by atoms with Gasteiger partial charge < -0.3 is 10.3 Å². The van der Waals surface area contributed by atoms with E-state index in [-0.39, 0.29) is 5.82 Å². The van der Waals surface area contributed by atoms with Gasteiger partial charge in [0.25, 0.3) is 0 Å². The lowest BCUT2D eigenvalue weighted by Gasteiger charge is -2.05. The van der Waals surface area contributed by atoms with Crippen LogP contribution in [0.25, 0.3) is 22.2 Å². The Morgan fingerprint density at radius 3 is 2.50 bits per heavy atom. The molecule has 4 aromatic rings. The van der Waals surface area contributed by atoms with Crippen LogP contribution in [0.1, 0.15) is 16.8 Å². The zero-order chi connectivity index (χ0) is 18.1. The Morgan fingerprint density at radius 1 is 0.962 bits per heavy atom. The van der Waals surface area contributed by atoms with Crippen molar-refractivity contribution in [3.8, 4) is 11.3 Å². The molecule has 2 aromatic heterocycles. The van der Waals surface area contributed by atoms with Crippen LogP contribution < -0.4 is 5.32 Å². The van der Waals surface area contributed by atoms with E-state index in [9.17, 15) is 4.39 Å². The Bertz CT molecular complexity index is 1050. The number of fused-ring (bicyclic) bond motifs is 1. The van der Waals surface area contributed by atoms with Crippen molar-refractivity contribution in [3.05, 3.63) is 77.2 Å². The van der Waals surface area contributed by atoms with E-state index in [4.69, 9.17) is 0 Å². The number of hydrogen-bond acceptors (Lipinski definition) is 3. The number of benzene rings is 2. The molecule has 0 radical (unpaired) electrons. The van der Waals surface area contributed by atoms with Gasteiger partial charge in [-0.15, -0.1) is 5.10 Å². The van der Waals surface area contributed by atoms with E-state index in [1.807, 2.05) is 19.1 Å². The number of halogens is 1. The van der Waals surface area contributed by atoms with Gasteiger partial charge in [0.05, 0.1) is 5.69 Å². The first-order valence-electron chi connectivity index (χ1n) is 8.51. The van der Waals surface area contributed by atoms with Crippen molar-refractivity contribution < 1.29 is 4.39 Å². The van der Waals surface area contributed by atoms with E-state index in [0.717, 1.165) is 39.4 Å².